The first-order chi connectivity index (χ1) is 12.5. The molecule has 1 fully saturated rings. The van der Waals surface area contributed by atoms with Crippen molar-refractivity contribution in [2.24, 2.45) is 4.99 Å². The Morgan fingerprint density at radius 1 is 1.23 bits per heavy atom. The Hall–Kier alpha value is -1.43. The van der Waals surface area contributed by atoms with Gasteiger partial charge in [-0.15, -0.1) is 0 Å². The fourth-order valence-electron chi connectivity index (χ4n) is 2.91. The maximum Gasteiger partial charge on any atom is 0.191 e. The maximum atomic E-state index is 4.76. The van der Waals surface area contributed by atoms with Gasteiger partial charge in [0.1, 0.15) is 5.82 Å². The summed E-state index contributed by atoms with van der Waals surface area (Å²) in [6, 6.07) is 4.27. The lowest BCUT2D eigenvalue weighted by atomic mass is 10.2. The van der Waals surface area contributed by atoms with Gasteiger partial charge in [-0.2, -0.15) is 11.8 Å². The molecule has 0 saturated carbocycles. The highest BCUT2D eigenvalue weighted by molar-refractivity contribution is 7.99. The van der Waals surface area contributed by atoms with Crippen molar-refractivity contribution in [3.8, 4) is 0 Å². The summed E-state index contributed by atoms with van der Waals surface area (Å²) in [5, 5.41) is 6.80. The van der Waals surface area contributed by atoms with E-state index in [1.807, 2.05) is 18.0 Å². The predicted octanol–water partition coefficient (Wildman–Crippen LogP) is 3.66. The molecule has 2 heterocycles. The first-order valence-electron chi connectivity index (χ1n) is 9.81. The molecule has 2 rings (SSSR count). The summed E-state index contributed by atoms with van der Waals surface area (Å²) in [4.78, 5) is 11.8. The molecular weight excluding hydrogens is 342 g/mol. The Balaban J connectivity index is 2.00. The summed E-state index contributed by atoms with van der Waals surface area (Å²) in [6.07, 6.45) is 9.28. The topological polar surface area (TPSA) is 52.6 Å². The average molecular weight is 378 g/mol. The highest BCUT2D eigenvalue weighted by Crippen LogP contribution is 2.20. The molecule has 1 aliphatic rings. The zero-order chi connectivity index (χ0) is 18.8. The van der Waals surface area contributed by atoms with Gasteiger partial charge in [0.25, 0.3) is 0 Å². The van der Waals surface area contributed by atoms with Crippen LogP contribution in [0.15, 0.2) is 23.3 Å². The first-order valence-corrected chi connectivity index (χ1v) is 11.0. The minimum absolute atomic E-state index is 0.187. The van der Waals surface area contributed by atoms with Gasteiger partial charge in [-0.3, -0.25) is 0 Å². The van der Waals surface area contributed by atoms with E-state index < -0.39 is 0 Å². The second kappa shape index (κ2) is 10.7. The van der Waals surface area contributed by atoms with Gasteiger partial charge < -0.3 is 15.5 Å². The van der Waals surface area contributed by atoms with Gasteiger partial charge in [-0.1, -0.05) is 12.8 Å². The van der Waals surface area contributed by atoms with Gasteiger partial charge in [0.15, 0.2) is 5.96 Å². The number of nitrogens with zero attached hydrogens (tertiary/aromatic N) is 3. The maximum absolute atomic E-state index is 4.76. The Morgan fingerprint density at radius 3 is 2.62 bits per heavy atom. The third kappa shape index (κ3) is 7.06. The molecule has 1 saturated heterocycles. The van der Waals surface area contributed by atoms with Gasteiger partial charge in [0.05, 0.1) is 6.54 Å². The Morgan fingerprint density at radius 2 is 1.96 bits per heavy atom. The molecular formula is C20H35N5S. The molecule has 2 N–H and O–H groups in total. The second-order valence-electron chi connectivity index (χ2n) is 7.44. The summed E-state index contributed by atoms with van der Waals surface area (Å²) in [5.41, 5.74) is 1.21. The van der Waals surface area contributed by atoms with Crippen molar-refractivity contribution in [2.75, 3.05) is 37.3 Å². The van der Waals surface area contributed by atoms with Crippen molar-refractivity contribution >= 4 is 23.5 Å². The molecule has 146 valence electrons. The monoisotopic (exact) mass is 377 g/mol. The molecule has 26 heavy (non-hydrogen) atoms. The molecule has 0 spiro atoms. The summed E-state index contributed by atoms with van der Waals surface area (Å²) >= 11 is 1.86. The number of aliphatic imine (C=N–C) groups is 1. The number of nitrogens with one attached hydrogen (secondary N) is 2. The first kappa shape index (κ1) is 20.9. The lowest BCUT2D eigenvalue weighted by Crippen LogP contribution is -2.43. The Kier molecular flexibility index (Phi) is 8.55. The Labute approximate surface area is 163 Å². The average Bonchev–Trinajstić information content (AvgIpc) is 2.94. The fourth-order valence-corrected chi connectivity index (χ4v) is 3.13. The molecule has 5 nitrogen and oxygen atoms in total. The molecule has 1 aromatic heterocycles. The van der Waals surface area contributed by atoms with Crippen LogP contribution in [0.25, 0.3) is 0 Å². The predicted molar refractivity (Wildman–Crippen MR) is 115 cm³/mol. The van der Waals surface area contributed by atoms with E-state index >= 15 is 0 Å². The number of thioether (sulfide) groups is 1. The van der Waals surface area contributed by atoms with Crippen molar-refractivity contribution in [1.29, 1.82) is 0 Å². The normalized spacial score (nSPS) is 16.3. The van der Waals surface area contributed by atoms with Crippen LogP contribution in [0.3, 0.4) is 0 Å². The third-order valence-electron chi connectivity index (χ3n) is 4.74. The van der Waals surface area contributed by atoms with E-state index in [0.717, 1.165) is 38.0 Å². The van der Waals surface area contributed by atoms with Crippen LogP contribution in [0, 0.1) is 0 Å². The van der Waals surface area contributed by atoms with E-state index in [2.05, 4.69) is 59.7 Å². The second-order valence-corrected chi connectivity index (χ2v) is 8.95. The zero-order valence-electron chi connectivity index (χ0n) is 16.8. The smallest absolute Gasteiger partial charge is 0.191 e. The number of hydrogen-bond donors (Lipinski definition) is 2. The molecule has 6 heteroatoms. The van der Waals surface area contributed by atoms with Gasteiger partial charge in [0, 0.05) is 37.1 Å². The van der Waals surface area contributed by atoms with E-state index in [-0.39, 0.29) is 4.75 Å². The minimum Gasteiger partial charge on any atom is -0.357 e. The molecule has 0 amide bonds. The molecule has 1 aromatic rings. The summed E-state index contributed by atoms with van der Waals surface area (Å²) in [7, 11) is 0. The number of anilines is 1. The lowest BCUT2D eigenvalue weighted by Gasteiger charge is -2.24. The van der Waals surface area contributed by atoms with Crippen LogP contribution in [0.4, 0.5) is 5.82 Å². The number of pyridine rings is 1. The van der Waals surface area contributed by atoms with Crippen LogP contribution in [0.1, 0.15) is 52.0 Å². The highest BCUT2D eigenvalue weighted by atomic mass is 32.2. The molecule has 0 atom stereocenters. The van der Waals surface area contributed by atoms with Crippen LogP contribution in [-0.2, 0) is 6.54 Å². The standard InChI is InChI=1S/C20H35N5S/c1-5-21-19(24-16-20(2,3)26-4)23-15-17-10-11-22-18(14-17)25-12-8-6-7-9-13-25/h10-11,14H,5-9,12-13,15-16H2,1-4H3,(H2,21,23,24). The van der Waals surface area contributed by atoms with Crippen LogP contribution in [-0.4, -0.2) is 48.1 Å². The van der Waals surface area contributed by atoms with Gasteiger partial charge in [0.2, 0.25) is 0 Å². The molecule has 1 aliphatic heterocycles. The molecule has 0 aliphatic carbocycles. The third-order valence-corrected chi connectivity index (χ3v) is 5.99. The zero-order valence-corrected chi connectivity index (χ0v) is 17.7. The van der Waals surface area contributed by atoms with Crippen molar-refractivity contribution in [3.05, 3.63) is 23.9 Å². The van der Waals surface area contributed by atoms with E-state index in [4.69, 9.17) is 4.99 Å². The Bertz CT molecular complexity index is 565. The summed E-state index contributed by atoms with van der Waals surface area (Å²) in [5.74, 6) is 1.98. The highest BCUT2D eigenvalue weighted by Gasteiger charge is 2.16. The fraction of sp³-hybridized carbons (Fsp3) is 0.700. The van der Waals surface area contributed by atoms with Crippen molar-refractivity contribution in [3.63, 3.8) is 0 Å². The van der Waals surface area contributed by atoms with Gasteiger partial charge in [-0.05, 0) is 57.6 Å². The van der Waals surface area contributed by atoms with Crippen molar-refractivity contribution in [2.45, 2.75) is 57.7 Å². The van der Waals surface area contributed by atoms with Crippen LogP contribution in [0.2, 0.25) is 0 Å². The SMILES string of the molecule is CCNC(=NCc1ccnc(N2CCCCCC2)c1)NCC(C)(C)SC. The summed E-state index contributed by atoms with van der Waals surface area (Å²) in [6.45, 7) is 11.2. The number of rotatable bonds is 7. The van der Waals surface area contributed by atoms with E-state index in [0.29, 0.717) is 6.54 Å². The number of aromatic nitrogens is 1. The van der Waals surface area contributed by atoms with E-state index in [9.17, 15) is 0 Å². The number of guanidine groups is 1. The molecule has 0 aromatic carbocycles. The largest absolute Gasteiger partial charge is 0.357 e. The van der Waals surface area contributed by atoms with Crippen molar-refractivity contribution in [1.82, 2.24) is 15.6 Å². The number of hydrogen-bond acceptors (Lipinski definition) is 4. The quantitative estimate of drug-likeness (QED) is 0.561. The van der Waals surface area contributed by atoms with Gasteiger partial charge in [-0.25, -0.2) is 9.98 Å². The minimum atomic E-state index is 0.187. The molecule has 0 radical (unpaired) electrons. The van der Waals surface area contributed by atoms with E-state index in [1.54, 1.807) is 0 Å². The molecule has 0 bridgehead atoms. The van der Waals surface area contributed by atoms with Crippen LogP contribution >= 0.6 is 11.8 Å². The van der Waals surface area contributed by atoms with Crippen molar-refractivity contribution < 1.29 is 0 Å². The molecule has 0 unspecified atom stereocenters. The van der Waals surface area contributed by atoms with E-state index in [1.165, 1.54) is 31.2 Å². The van der Waals surface area contributed by atoms with Crippen LogP contribution in [0.5, 0.6) is 0 Å². The summed E-state index contributed by atoms with van der Waals surface area (Å²) < 4.78 is 0.187. The van der Waals surface area contributed by atoms with Crippen LogP contribution < -0.4 is 15.5 Å². The van der Waals surface area contributed by atoms with Gasteiger partial charge >= 0.3 is 0 Å². The lowest BCUT2D eigenvalue weighted by molar-refractivity contribution is 0.665.